The van der Waals surface area contributed by atoms with E-state index in [4.69, 9.17) is 9.84 Å². The lowest BCUT2D eigenvalue weighted by molar-refractivity contribution is -0.142. The molecule has 4 heteroatoms. The van der Waals surface area contributed by atoms with Gasteiger partial charge in [0.15, 0.2) is 0 Å². The average molecular weight is 201 g/mol. The second-order valence-electron chi connectivity index (χ2n) is 3.81. The first-order valence-corrected chi connectivity index (χ1v) is 5.24. The van der Waals surface area contributed by atoms with Gasteiger partial charge in [0, 0.05) is 6.54 Å². The highest BCUT2D eigenvalue weighted by atomic mass is 16.5. The number of piperidine rings is 1. The Morgan fingerprint density at radius 2 is 2.43 bits per heavy atom. The number of carboxylic acid groups (broad SMARTS) is 1. The van der Waals surface area contributed by atoms with Gasteiger partial charge in [-0.2, -0.15) is 0 Å². The molecule has 1 heterocycles. The number of carboxylic acids is 1. The summed E-state index contributed by atoms with van der Waals surface area (Å²) in [6.07, 6.45) is 2.37. The fraction of sp³-hybridized carbons (Fsp3) is 0.900. The zero-order valence-electron chi connectivity index (χ0n) is 8.74. The molecule has 1 saturated heterocycles. The maximum atomic E-state index is 10.2. The van der Waals surface area contributed by atoms with Gasteiger partial charge in [0.05, 0.1) is 6.61 Å². The minimum absolute atomic E-state index is 0.164. The Bertz CT molecular complexity index is 184. The predicted octanol–water partition coefficient (Wildman–Crippen LogP) is 0.820. The van der Waals surface area contributed by atoms with E-state index in [0.717, 1.165) is 19.5 Å². The van der Waals surface area contributed by atoms with Crippen LogP contribution in [0.4, 0.5) is 0 Å². The largest absolute Gasteiger partial charge is 0.480 e. The maximum Gasteiger partial charge on any atom is 0.329 e. The molecule has 0 unspecified atom stereocenters. The Kier molecular flexibility index (Phi) is 4.90. The molecule has 0 aliphatic carbocycles. The van der Waals surface area contributed by atoms with Gasteiger partial charge in [-0.1, -0.05) is 6.92 Å². The molecule has 4 nitrogen and oxygen atoms in total. The number of ether oxygens (including phenoxy) is 1. The van der Waals surface area contributed by atoms with Gasteiger partial charge in [-0.3, -0.25) is 0 Å². The van der Waals surface area contributed by atoms with E-state index < -0.39 is 5.97 Å². The standard InChI is InChI=1S/C10H19NO3/c1-2-11-5-3-4-9(6-11)7-14-8-10(12)13/h9H,2-8H2,1H3,(H,12,13)/t9-/m1/s1. The summed E-state index contributed by atoms with van der Waals surface area (Å²) in [7, 11) is 0. The van der Waals surface area contributed by atoms with Gasteiger partial charge < -0.3 is 14.7 Å². The lowest BCUT2D eigenvalue weighted by atomic mass is 9.99. The SMILES string of the molecule is CCN1CCC[C@@H](COCC(=O)O)C1. The summed E-state index contributed by atoms with van der Waals surface area (Å²) in [6, 6.07) is 0. The lowest BCUT2D eigenvalue weighted by Gasteiger charge is -2.31. The van der Waals surface area contributed by atoms with Crippen molar-refractivity contribution in [1.82, 2.24) is 4.90 Å². The molecule has 1 N–H and O–H groups in total. The smallest absolute Gasteiger partial charge is 0.329 e. The predicted molar refractivity (Wildman–Crippen MR) is 53.3 cm³/mol. The Labute approximate surface area is 84.8 Å². The van der Waals surface area contributed by atoms with Crippen molar-refractivity contribution in [3.05, 3.63) is 0 Å². The molecule has 1 atom stereocenters. The number of nitrogens with zero attached hydrogens (tertiary/aromatic N) is 1. The quantitative estimate of drug-likeness (QED) is 0.715. The van der Waals surface area contributed by atoms with Crippen LogP contribution in [0.5, 0.6) is 0 Å². The minimum Gasteiger partial charge on any atom is -0.480 e. The van der Waals surface area contributed by atoms with Gasteiger partial charge >= 0.3 is 5.97 Å². The molecule has 0 aromatic heterocycles. The van der Waals surface area contributed by atoms with E-state index in [9.17, 15) is 4.79 Å². The zero-order valence-corrected chi connectivity index (χ0v) is 8.74. The molecule has 0 bridgehead atoms. The number of likely N-dealkylation sites (tertiary alicyclic amines) is 1. The van der Waals surface area contributed by atoms with Crippen LogP contribution in [-0.2, 0) is 9.53 Å². The minimum atomic E-state index is -0.881. The summed E-state index contributed by atoms with van der Waals surface area (Å²) in [5.41, 5.74) is 0. The number of carbonyl (C=O) groups is 1. The maximum absolute atomic E-state index is 10.2. The van der Waals surface area contributed by atoms with Crippen molar-refractivity contribution in [1.29, 1.82) is 0 Å². The van der Waals surface area contributed by atoms with Gasteiger partial charge in [-0.05, 0) is 31.8 Å². The van der Waals surface area contributed by atoms with Gasteiger partial charge in [0.1, 0.15) is 6.61 Å². The molecule has 1 aliphatic heterocycles. The molecule has 0 amide bonds. The van der Waals surface area contributed by atoms with E-state index in [2.05, 4.69) is 11.8 Å². The van der Waals surface area contributed by atoms with E-state index in [1.165, 1.54) is 13.0 Å². The third kappa shape index (κ3) is 4.07. The van der Waals surface area contributed by atoms with Crippen LogP contribution in [0.25, 0.3) is 0 Å². The monoisotopic (exact) mass is 201 g/mol. The van der Waals surface area contributed by atoms with E-state index in [1.807, 2.05) is 0 Å². The third-order valence-corrected chi connectivity index (χ3v) is 2.63. The summed E-state index contributed by atoms with van der Waals surface area (Å²) in [6.45, 7) is 5.88. The topological polar surface area (TPSA) is 49.8 Å². The molecule has 1 fully saturated rings. The first kappa shape index (κ1) is 11.5. The highest BCUT2D eigenvalue weighted by molar-refractivity contribution is 5.67. The van der Waals surface area contributed by atoms with Gasteiger partial charge in [0.2, 0.25) is 0 Å². The van der Waals surface area contributed by atoms with Crippen molar-refractivity contribution in [3.63, 3.8) is 0 Å². The fourth-order valence-electron chi connectivity index (χ4n) is 1.89. The highest BCUT2D eigenvalue weighted by Gasteiger charge is 2.18. The van der Waals surface area contributed by atoms with Crippen LogP contribution in [-0.4, -0.2) is 48.8 Å². The second kappa shape index (κ2) is 5.98. The summed E-state index contributed by atoms with van der Waals surface area (Å²) in [4.78, 5) is 12.6. The Hall–Kier alpha value is -0.610. The number of aliphatic carboxylic acids is 1. The molecule has 1 aliphatic rings. The number of rotatable bonds is 5. The average Bonchev–Trinajstić information content (AvgIpc) is 2.18. The number of hydrogen-bond donors (Lipinski definition) is 1. The van der Waals surface area contributed by atoms with Crippen molar-refractivity contribution in [2.24, 2.45) is 5.92 Å². The van der Waals surface area contributed by atoms with Gasteiger partial charge in [-0.15, -0.1) is 0 Å². The first-order chi connectivity index (χ1) is 6.72. The Morgan fingerprint density at radius 1 is 1.64 bits per heavy atom. The normalized spacial score (nSPS) is 23.6. The molecule has 1 rings (SSSR count). The molecular weight excluding hydrogens is 182 g/mol. The van der Waals surface area contributed by atoms with Crippen molar-refractivity contribution >= 4 is 5.97 Å². The third-order valence-electron chi connectivity index (χ3n) is 2.63. The van der Waals surface area contributed by atoms with Crippen LogP contribution in [0, 0.1) is 5.92 Å². The van der Waals surface area contributed by atoms with Crippen LogP contribution < -0.4 is 0 Å². The van der Waals surface area contributed by atoms with Crippen LogP contribution in [0.1, 0.15) is 19.8 Å². The van der Waals surface area contributed by atoms with Gasteiger partial charge in [-0.25, -0.2) is 4.79 Å². The Balaban J connectivity index is 2.14. The van der Waals surface area contributed by atoms with E-state index in [-0.39, 0.29) is 6.61 Å². The zero-order chi connectivity index (χ0) is 10.4. The summed E-state index contributed by atoms with van der Waals surface area (Å²) >= 11 is 0. The van der Waals surface area contributed by atoms with E-state index in [1.54, 1.807) is 0 Å². The highest BCUT2D eigenvalue weighted by Crippen LogP contribution is 2.16. The molecule has 0 aromatic carbocycles. The fourth-order valence-corrected chi connectivity index (χ4v) is 1.89. The van der Waals surface area contributed by atoms with Crippen molar-refractivity contribution in [2.75, 3.05) is 32.8 Å². The van der Waals surface area contributed by atoms with Crippen LogP contribution in [0.3, 0.4) is 0 Å². The van der Waals surface area contributed by atoms with Crippen molar-refractivity contribution < 1.29 is 14.6 Å². The summed E-state index contributed by atoms with van der Waals surface area (Å²) in [5, 5.41) is 8.41. The van der Waals surface area contributed by atoms with Crippen LogP contribution in [0.15, 0.2) is 0 Å². The number of hydrogen-bond acceptors (Lipinski definition) is 3. The molecule has 0 radical (unpaired) electrons. The molecule has 0 spiro atoms. The molecule has 0 aromatic rings. The molecule has 14 heavy (non-hydrogen) atoms. The first-order valence-electron chi connectivity index (χ1n) is 5.24. The molecule has 82 valence electrons. The Morgan fingerprint density at radius 3 is 3.07 bits per heavy atom. The van der Waals surface area contributed by atoms with E-state index >= 15 is 0 Å². The van der Waals surface area contributed by atoms with E-state index in [0.29, 0.717) is 12.5 Å². The molecular formula is C10H19NO3. The van der Waals surface area contributed by atoms with Gasteiger partial charge in [0.25, 0.3) is 0 Å². The second-order valence-corrected chi connectivity index (χ2v) is 3.81. The van der Waals surface area contributed by atoms with Crippen LogP contribution in [0.2, 0.25) is 0 Å². The summed E-state index contributed by atoms with van der Waals surface area (Å²) < 4.78 is 5.10. The van der Waals surface area contributed by atoms with Crippen LogP contribution >= 0.6 is 0 Å². The summed E-state index contributed by atoms with van der Waals surface area (Å²) in [5.74, 6) is -0.365. The lowest BCUT2D eigenvalue weighted by Crippen LogP contribution is -2.37. The molecule has 0 saturated carbocycles. The van der Waals surface area contributed by atoms with Crippen molar-refractivity contribution in [2.45, 2.75) is 19.8 Å². The van der Waals surface area contributed by atoms with Crippen molar-refractivity contribution in [3.8, 4) is 0 Å².